The van der Waals surface area contributed by atoms with Crippen LogP contribution in [-0.4, -0.2) is 18.7 Å². The van der Waals surface area contributed by atoms with Crippen molar-refractivity contribution in [1.29, 1.82) is 0 Å². The van der Waals surface area contributed by atoms with Gasteiger partial charge in [0.15, 0.2) is 0 Å². The van der Waals surface area contributed by atoms with Crippen molar-refractivity contribution in [3.05, 3.63) is 35.9 Å². The van der Waals surface area contributed by atoms with Gasteiger partial charge in [0.2, 0.25) is 0 Å². The van der Waals surface area contributed by atoms with E-state index in [9.17, 15) is 0 Å². The number of benzene rings is 1. The molecule has 0 radical (unpaired) electrons. The summed E-state index contributed by atoms with van der Waals surface area (Å²) in [6, 6.07) is 11.6. The lowest BCUT2D eigenvalue weighted by Crippen LogP contribution is -2.30. The molecule has 1 aromatic rings. The highest BCUT2D eigenvalue weighted by Gasteiger charge is 2.19. The summed E-state index contributed by atoms with van der Waals surface area (Å²) in [5.41, 5.74) is 1.25. The van der Waals surface area contributed by atoms with Crippen LogP contribution < -0.4 is 5.32 Å². The summed E-state index contributed by atoms with van der Waals surface area (Å²) in [7, 11) is 0. The molecule has 1 aromatic carbocycles. The van der Waals surface area contributed by atoms with Gasteiger partial charge < -0.3 is 10.1 Å². The van der Waals surface area contributed by atoms with Gasteiger partial charge in [0.05, 0.1) is 13.2 Å². The molecule has 0 aromatic heterocycles. The zero-order valence-corrected chi connectivity index (χ0v) is 9.28. The van der Waals surface area contributed by atoms with Crippen LogP contribution in [0.3, 0.4) is 0 Å². The number of hydrogen-bond acceptors (Lipinski definition) is 2. The fourth-order valence-electron chi connectivity index (χ4n) is 2.04. The third-order valence-corrected chi connectivity index (χ3v) is 2.90. The minimum atomic E-state index is 0.559. The average Bonchev–Trinajstić information content (AvgIpc) is 2.66. The maximum atomic E-state index is 5.69. The SMILES string of the molecule is CC1CCC(COCc2ccccc2)N1. The Morgan fingerprint density at radius 1 is 1.27 bits per heavy atom. The van der Waals surface area contributed by atoms with E-state index >= 15 is 0 Å². The fourth-order valence-corrected chi connectivity index (χ4v) is 2.04. The van der Waals surface area contributed by atoms with E-state index in [2.05, 4.69) is 36.5 Å². The van der Waals surface area contributed by atoms with Gasteiger partial charge in [0.1, 0.15) is 0 Å². The zero-order valence-electron chi connectivity index (χ0n) is 9.28. The van der Waals surface area contributed by atoms with Crippen molar-refractivity contribution in [1.82, 2.24) is 5.32 Å². The summed E-state index contributed by atoms with van der Waals surface area (Å²) in [5.74, 6) is 0. The van der Waals surface area contributed by atoms with Crippen LogP contribution in [-0.2, 0) is 11.3 Å². The van der Waals surface area contributed by atoms with Crippen molar-refractivity contribution in [3.63, 3.8) is 0 Å². The summed E-state index contributed by atoms with van der Waals surface area (Å²) in [6.45, 7) is 3.80. The van der Waals surface area contributed by atoms with Gasteiger partial charge in [-0.05, 0) is 25.3 Å². The van der Waals surface area contributed by atoms with E-state index in [0.29, 0.717) is 12.1 Å². The molecule has 0 amide bonds. The van der Waals surface area contributed by atoms with Gasteiger partial charge in [0.25, 0.3) is 0 Å². The maximum absolute atomic E-state index is 5.69. The van der Waals surface area contributed by atoms with Crippen molar-refractivity contribution >= 4 is 0 Å². The Hall–Kier alpha value is -0.860. The molecule has 1 saturated heterocycles. The van der Waals surface area contributed by atoms with Gasteiger partial charge >= 0.3 is 0 Å². The number of rotatable bonds is 4. The minimum absolute atomic E-state index is 0.559. The van der Waals surface area contributed by atoms with Crippen LogP contribution in [0.15, 0.2) is 30.3 Å². The quantitative estimate of drug-likeness (QED) is 0.814. The molecule has 1 aliphatic rings. The molecular formula is C13H19NO. The number of nitrogens with one attached hydrogen (secondary N) is 1. The molecule has 1 aliphatic heterocycles. The number of ether oxygens (including phenoxy) is 1. The van der Waals surface area contributed by atoms with Crippen LogP contribution in [0.1, 0.15) is 25.3 Å². The van der Waals surface area contributed by atoms with Crippen LogP contribution in [0.2, 0.25) is 0 Å². The molecule has 0 spiro atoms. The van der Waals surface area contributed by atoms with Crippen molar-refractivity contribution in [2.24, 2.45) is 0 Å². The molecule has 82 valence electrons. The Labute approximate surface area is 91.6 Å². The van der Waals surface area contributed by atoms with E-state index in [1.54, 1.807) is 0 Å². The van der Waals surface area contributed by atoms with E-state index < -0.39 is 0 Å². The van der Waals surface area contributed by atoms with Crippen molar-refractivity contribution in [2.75, 3.05) is 6.61 Å². The summed E-state index contributed by atoms with van der Waals surface area (Å²) >= 11 is 0. The summed E-state index contributed by atoms with van der Waals surface area (Å²) in [6.07, 6.45) is 2.52. The first-order chi connectivity index (χ1) is 7.34. The molecule has 2 unspecified atom stereocenters. The first kappa shape index (κ1) is 10.7. The molecule has 15 heavy (non-hydrogen) atoms. The van der Waals surface area contributed by atoms with Crippen molar-refractivity contribution < 1.29 is 4.74 Å². The van der Waals surface area contributed by atoms with Gasteiger partial charge in [-0.2, -0.15) is 0 Å². The van der Waals surface area contributed by atoms with E-state index in [1.165, 1.54) is 18.4 Å². The normalized spacial score (nSPS) is 25.7. The van der Waals surface area contributed by atoms with E-state index in [4.69, 9.17) is 4.74 Å². The largest absolute Gasteiger partial charge is 0.375 e. The Bertz CT molecular complexity index is 286. The molecule has 2 heteroatoms. The van der Waals surface area contributed by atoms with Gasteiger partial charge in [0, 0.05) is 12.1 Å². The maximum Gasteiger partial charge on any atom is 0.0717 e. The molecule has 1 N–H and O–H groups in total. The molecule has 2 nitrogen and oxygen atoms in total. The molecule has 1 heterocycles. The van der Waals surface area contributed by atoms with Crippen LogP contribution in [0.25, 0.3) is 0 Å². The third-order valence-electron chi connectivity index (χ3n) is 2.90. The van der Waals surface area contributed by atoms with E-state index in [1.807, 2.05) is 6.07 Å². The Morgan fingerprint density at radius 2 is 2.07 bits per heavy atom. The van der Waals surface area contributed by atoms with Crippen LogP contribution in [0.4, 0.5) is 0 Å². The Kier molecular flexibility index (Phi) is 3.75. The fraction of sp³-hybridized carbons (Fsp3) is 0.538. The van der Waals surface area contributed by atoms with Crippen LogP contribution in [0.5, 0.6) is 0 Å². The van der Waals surface area contributed by atoms with E-state index in [-0.39, 0.29) is 0 Å². The lowest BCUT2D eigenvalue weighted by atomic mass is 10.2. The third kappa shape index (κ3) is 3.33. The van der Waals surface area contributed by atoms with E-state index in [0.717, 1.165) is 13.2 Å². The monoisotopic (exact) mass is 205 g/mol. The predicted octanol–water partition coefficient (Wildman–Crippen LogP) is 2.34. The number of hydrogen-bond donors (Lipinski definition) is 1. The predicted molar refractivity (Wildman–Crippen MR) is 61.7 cm³/mol. The van der Waals surface area contributed by atoms with Crippen molar-refractivity contribution in [2.45, 2.75) is 38.5 Å². The average molecular weight is 205 g/mol. The topological polar surface area (TPSA) is 21.3 Å². The molecule has 2 rings (SSSR count). The molecule has 0 saturated carbocycles. The highest BCUT2D eigenvalue weighted by Crippen LogP contribution is 2.12. The molecular weight excluding hydrogens is 186 g/mol. The summed E-state index contributed by atoms with van der Waals surface area (Å²) in [5, 5.41) is 3.52. The molecule has 0 aliphatic carbocycles. The van der Waals surface area contributed by atoms with Crippen molar-refractivity contribution in [3.8, 4) is 0 Å². The Balaban J connectivity index is 1.67. The van der Waals surface area contributed by atoms with Crippen LogP contribution in [0, 0.1) is 0 Å². The second kappa shape index (κ2) is 5.29. The van der Waals surface area contributed by atoms with Gasteiger partial charge in [-0.1, -0.05) is 30.3 Å². The second-order valence-corrected chi connectivity index (χ2v) is 4.34. The van der Waals surface area contributed by atoms with Gasteiger partial charge in [-0.25, -0.2) is 0 Å². The first-order valence-corrected chi connectivity index (χ1v) is 5.72. The lowest BCUT2D eigenvalue weighted by Gasteiger charge is -2.12. The minimum Gasteiger partial charge on any atom is -0.375 e. The first-order valence-electron chi connectivity index (χ1n) is 5.72. The highest BCUT2D eigenvalue weighted by atomic mass is 16.5. The zero-order chi connectivity index (χ0) is 10.5. The second-order valence-electron chi connectivity index (χ2n) is 4.34. The van der Waals surface area contributed by atoms with Gasteiger partial charge in [-0.3, -0.25) is 0 Å². The molecule has 1 fully saturated rings. The van der Waals surface area contributed by atoms with Gasteiger partial charge in [-0.15, -0.1) is 0 Å². The Morgan fingerprint density at radius 3 is 2.73 bits per heavy atom. The molecule has 0 bridgehead atoms. The summed E-state index contributed by atoms with van der Waals surface area (Å²) < 4.78 is 5.69. The molecule has 2 atom stereocenters. The van der Waals surface area contributed by atoms with Crippen LogP contribution >= 0.6 is 0 Å². The highest BCUT2D eigenvalue weighted by molar-refractivity contribution is 5.13. The smallest absolute Gasteiger partial charge is 0.0717 e. The lowest BCUT2D eigenvalue weighted by molar-refractivity contribution is 0.102. The standard InChI is InChI=1S/C13H19NO/c1-11-7-8-13(14-11)10-15-9-12-5-3-2-4-6-12/h2-6,11,13-14H,7-10H2,1H3. The summed E-state index contributed by atoms with van der Waals surface area (Å²) in [4.78, 5) is 0.